The van der Waals surface area contributed by atoms with Crippen LogP contribution in [0, 0.1) is 5.92 Å². The monoisotopic (exact) mass is 260 g/mol. The molecule has 0 saturated carbocycles. The second kappa shape index (κ2) is 5.61. The molecule has 3 fully saturated rings. The van der Waals surface area contributed by atoms with Gasteiger partial charge in [-0.15, -0.1) is 0 Å². The van der Waals surface area contributed by atoms with Crippen LogP contribution in [-0.2, 0) is 9.53 Å². The summed E-state index contributed by atoms with van der Waals surface area (Å²) in [7, 11) is 0. The molecule has 0 aromatic heterocycles. The van der Waals surface area contributed by atoms with Crippen LogP contribution in [0.1, 0.15) is 12.8 Å². The summed E-state index contributed by atoms with van der Waals surface area (Å²) in [6, 6.07) is 9.74. The first-order chi connectivity index (χ1) is 9.31. The number of hydrogen-bond acceptors (Lipinski definition) is 4. The molecule has 2 bridgehead atoms. The zero-order chi connectivity index (χ0) is 13.1. The van der Waals surface area contributed by atoms with Gasteiger partial charge in [0.25, 0.3) is 0 Å². The molecule has 1 aromatic carbocycles. The Morgan fingerprint density at radius 3 is 2.63 bits per heavy atom. The highest BCUT2D eigenvalue weighted by Gasteiger charge is 2.36. The largest absolute Gasteiger partial charge is 0.459 e. The maximum absolute atomic E-state index is 11.9. The molecule has 3 aliphatic heterocycles. The Hall–Kier alpha value is -1.55. The molecule has 0 aliphatic carbocycles. The normalized spacial score (nSPS) is 28.9. The highest BCUT2D eigenvalue weighted by molar-refractivity contribution is 5.75. The number of esters is 1. The predicted octanol–water partition coefficient (Wildman–Crippen LogP) is 1.74. The fourth-order valence-electron chi connectivity index (χ4n) is 2.99. The zero-order valence-corrected chi connectivity index (χ0v) is 11.0. The molecule has 1 aromatic rings. The number of anilines is 1. The summed E-state index contributed by atoms with van der Waals surface area (Å²) in [6.45, 7) is 3.50. The SMILES string of the molecule is O=C(CNc1ccccc1)O[C@H]1CN2CCC1CC2. The number of rotatable bonds is 4. The minimum atomic E-state index is -0.150. The Labute approximate surface area is 113 Å². The highest BCUT2D eigenvalue weighted by Crippen LogP contribution is 2.29. The van der Waals surface area contributed by atoms with Crippen LogP contribution in [-0.4, -0.2) is 43.2 Å². The molecule has 0 unspecified atom stereocenters. The molecule has 1 atom stereocenters. The minimum Gasteiger partial charge on any atom is -0.459 e. The molecule has 0 amide bonds. The third-order valence-electron chi connectivity index (χ3n) is 4.09. The number of hydrogen-bond donors (Lipinski definition) is 1. The van der Waals surface area contributed by atoms with E-state index in [1.165, 1.54) is 25.9 Å². The van der Waals surface area contributed by atoms with Gasteiger partial charge in [-0.3, -0.25) is 9.69 Å². The fourth-order valence-corrected chi connectivity index (χ4v) is 2.99. The number of nitrogens with one attached hydrogen (secondary N) is 1. The van der Waals surface area contributed by atoms with Gasteiger partial charge in [0, 0.05) is 12.2 Å². The Kier molecular flexibility index (Phi) is 3.69. The number of ether oxygens (including phenoxy) is 1. The first-order valence-corrected chi connectivity index (χ1v) is 7.02. The topological polar surface area (TPSA) is 41.6 Å². The van der Waals surface area contributed by atoms with Crippen LogP contribution in [0.2, 0.25) is 0 Å². The highest BCUT2D eigenvalue weighted by atomic mass is 16.5. The number of fused-ring (bicyclic) bond motifs is 3. The summed E-state index contributed by atoms with van der Waals surface area (Å²) in [4.78, 5) is 14.2. The van der Waals surface area contributed by atoms with E-state index in [-0.39, 0.29) is 18.6 Å². The van der Waals surface area contributed by atoms with Crippen LogP contribution in [0.25, 0.3) is 0 Å². The number of benzene rings is 1. The van der Waals surface area contributed by atoms with Gasteiger partial charge < -0.3 is 10.1 Å². The van der Waals surface area contributed by atoms with Crippen LogP contribution in [0.4, 0.5) is 5.69 Å². The van der Waals surface area contributed by atoms with Gasteiger partial charge in [-0.1, -0.05) is 18.2 Å². The minimum absolute atomic E-state index is 0.104. The van der Waals surface area contributed by atoms with E-state index in [1.54, 1.807) is 0 Å². The van der Waals surface area contributed by atoms with Gasteiger partial charge in [-0.25, -0.2) is 0 Å². The molecule has 1 N–H and O–H groups in total. The lowest BCUT2D eigenvalue weighted by Crippen LogP contribution is -2.52. The Morgan fingerprint density at radius 1 is 1.26 bits per heavy atom. The molecular weight excluding hydrogens is 240 g/mol. The van der Waals surface area contributed by atoms with Crippen molar-refractivity contribution in [3.05, 3.63) is 30.3 Å². The van der Waals surface area contributed by atoms with Crippen molar-refractivity contribution in [1.82, 2.24) is 4.90 Å². The molecule has 19 heavy (non-hydrogen) atoms. The van der Waals surface area contributed by atoms with Crippen molar-refractivity contribution in [1.29, 1.82) is 0 Å². The lowest BCUT2D eigenvalue weighted by molar-refractivity contribution is -0.156. The van der Waals surface area contributed by atoms with Crippen LogP contribution in [0.15, 0.2) is 30.3 Å². The molecule has 0 radical (unpaired) electrons. The molecule has 0 spiro atoms. The molecule has 3 aliphatic rings. The number of para-hydroxylation sites is 1. The molecule has 4 rings (SSSR count). The standard InChI is InChI=1S/C15H20N2O2/c18-15(10-16-13-4-2-1-3-5-13)19-14-11-17-8-6-12(14)7-9-17/h1-5,12,14,16H,6-11H2/t14-/m0/s1. The predicted molar refractivity (Wildman–Crippen MR) is 74.0 cm³/mol. The number of carbonyl (C=O) groups is 1. The molecule has 4 nitrogen and oxygen atoms in total. The summed E-state index contributed by atoms with van der Waals surface area (Å²) in [6.07, 6.45) is 2.45. The van der Waals surface area contributed by atoms with Gasteiger partial charge in [-0.05, 0) is 44.0 Å². The van der Waals surface area contributed by atoms with Crippen LogP contribution >= 0.6 is 0 Å². The van der Waals surface area contributed by atoms with Gasteiger partial charge in [-0.2, -0.15) is 0 Å². The second-order valence-corrected chi connectivity index (χ2v) is 5.39. The van der Waals surface area contributed by atoms with E-state index in [2.05, 4.69) is 10.2 Å². The van der Waals surface area contributed by atoms with E-state index in [4.69, 9.17) is 4.74 Å². The first-order valence-electron chi connectivity index (χ1n) is 7.02. The van der Waals surface area contributed by atoms with Crippen molar-refractivity contribution in [3.8, 4) is 0 Å². The van der Waals surface area contributed by atoms with Crippen LogP contribution in [0.3, 0.4) is 0 Å². The van der Waals surface area contributed by atoms with Crippen molar-refractivity contribution in [2.45, 2.75) is 18.9 Å². The second-order valence-electron chi connectivity index (χ2n) is 5.39. The van der Waals surface area contributed by atoms with Gasteiger partial charge in [0.05, 0.1) is 0 Å². The summed E-state index contributed by atoms with van der Waals surface area (Å²) >= 11 is 0. The first kappa shape index (κ1) is 12.5. The van der Waals surface area contributed by atoms with E-state index in [1.807, 2.05) is 30.3 Å². The van der Waals surface area contributed by atoms with Gasteiger partial charge in [0.15, 0.2) is 0 Å². The lowest BCUT2D eigenvalue weighted by Gasteiger charge is -2.43. The van der Waals surface area contributed by atoms with E-state index >= 15 is 0 Å². The third-order valence-corrected chi connectivity index (χ3v) is 4.09. The summed E-state index contributed by atoms with van der Waals surface area (Å²) in [5.41, 5.74) is 0.952. The Bertz CT molecular complexity index is 427. The van der Waals surface area contributed by atoms with E-state index in [9.17, 15) is 4.79 Å². The number of carbonyl (C=O) groups excluding carboxylic acids is 1. The smallest absolute Gasteiger partial charge is 0.325 e. The molecule has 3 saturated heterocycles. The van der Waals surface area contributed by atoms with E-state index in [0.29, 0.717) is 5.92 Å². The van der Waals surface area contributed by atoms with Crippen LogP contribution in [0.5, 0.6) is 0 Å². The summed E-state index contributed by atoms with van der Waals surface area (Å²) in [5.74, 6) is 0.424. The fraction of sp³-hybridized carbons (Fsp3) is 0.533. The molecule has 4 heteroatoms. The third kappa shape index (κ3) is 3.07. The van der Waals surface area contributed by atoms with E-state index in [0.717, 1.165) is 12.2 Å². The molecule has 102 valence electrons. The average molecular weight is 260 g/mol. The average Bonchev–Trinajstić information content (AvgIpc) is 2.47. The van der Waals surface area contributed by atoms with Gasteiger partial charge >= 0.3 is 5.97 Å². The maximum atomic E-state index is 11.9. The summed E-state index contributed by atoms with van der Waals surface area (Å²) < 4.78 is 5.60. The van der Waals surface area contributed by atoms with Crippen molar-refractivity contribution in [2.75, 3.05) is 31.5 Å². The Balaban J connectivity index is 1.46. The van der Waals surface area contributed by atoms with Crippen molar-refractivity contribution in [2.24, 2.45) is 5.92 Å². The number of piperidine rings is 3. The molecule has 3 heterocycles. The summed E-state index contributed by atoms with van der Waals surface area (Å²) in [5, 5.41) is 3.09. The quantitative estimate of drug-likeness (QED) is 0.837. The van der Waals surface area contributed by atoms with Crippen LogP contribution < -0.4 is 5.32 Å². The number of nitrogens with zero attached hydrogens (tertiary/aromatic N) is 1. The zero-order valence-electron chi connectivity index (χ0n) is 11.0. The van der Waals surface area contributed by atoms with Crippen molar-refractivity contribution >= 4 is 11.7 Å². The molecular formula is C15H20N2O2. The maximum Gasteiger partial charge on any atom is 0.325 e. The van der Waals surface area contributed by atoms with Gasteiger partial charge in [0.2, 0.25) is 0 Å². The van der Waals surface area contributed by atoms with Gasteiger partial charge in [0.1, 0.15) is 12.6 Å². The Morgan fingerprint density at radius 2 is 2.00 bits per heavy atom. The van der Waals surface area contributed by atoms with Crippen molar-refractivity contribution < 1.29 is 9.53 Å². The van der Waals surface area contributed by atoms with E-state index < -0.39 is 0 Å². The van der Waals surface area contributed by atoms with Crippen molar-refractivity contribution in [3.63, 3.8) is 0 Å². The lowest BCUT2D eigenvalue weighted by atomic mass is 9.86.